The third-order valence-corrected chi connectivity index (χ3v) is 23.5. The van der Waals surface area contributed by atoms with Gasteiger partial charge < -0.3 is 35.7 Å². The van der Waals surface area contributed by atoms with Crippen LogP contribution in [0.5, 0.6) is 69.0 Å². The molecular weight excluding hydrogens is 1690 g/mol. The molecular formula is C96H74N2O24S4. The van der Waals surface area contributed by atoms with Gasteiger partial charge in [0.05, 0.1) is 33.6 Å². The summed E-state index contributed by atoms with van der Waals surface area (Å²) in [5.41, 5.74) is 4.73. The van der Waals surface area contributed by atoms with Gasteiger partial charge in [0.2, 0.25) is 0 Å². The van der Waals surface area contributed by atoms with E-state index in [0.717, 1.165) is 58.3 Å². The van der Waals surface area contributed by atoms with Gasteiger partial charge in [-0.05, 0) is 165 Å². The molecule has 26 nitrogen and oxygen atoms in total. The van der Waals surface area contributed by atoms with Crippen LogP contribution >= 0.6 is 0 Å². The van der Waals surface area contributed by atoms with Crippen molar-refractivity contribution in [2.45, 2.75) is 79.1 Å². The van der Waals surface area contributed by atoms with Gasteiger partial charge in [-0.2, -0.15) is 33.7 Å². The van der Waals surface area contributed by atoms with E-state index in [0.29, 0.717) is 44.5 Å². The molecule has 0 bridgehead atoms. The number of rotatable bonds is 26. The molecule has 0 spiro atoms. The van der Waals surface area contributed by atoms with Gasteiger partial charge >= 0.3 is 41.6 Å². The van der Waals surface area contributed by atoms with Crippen molar-refractivity contribution in [1.29, 1.82) is 0 Å². The minimum atomic E-state index is -5.31. The van der Waals surface area contributed by atoms with E-state index in [9.17, 15) is 51.9 Å². The molecule has 4 amide bonds. The first-order valence-corrected chi connectivity index (χ1v) is 45.0. The molecule has 2 aliphatic rings. The van der Waals surface area contributed by atoms with E-state index < -0.39 is 88.2 Å². The predicted molar refractivity (Wildman–Crippen MR) is 476 cm³/mol. The Morgan fingerprint density at radius 3 is 0.754 bits per heavy atom. The van der Waals surface area contributed by atoms with Crippen LogP contribution in [-0.2, 0) is 41.6 Å². The van der Waals surface area contributed by atoms with E-state index in [1.165, 1.54) is 60.7 Å². The van der Waals surface area contributed by atoms with Crippen LogP contribution in [-0.4, -0.2) is 75.5 Å². The molecule has 15 aromatic rings. The largest absolute Gasteiger partial charge is 0.456 e. The molecule has 2 aliphatic heterocycles. The highest BCUT2D eigenvalue weighted by atomic mass is 32.3. The maximum absolute atomic E-state index is 17.2. The summed E-state index contributed by atoms with van der Waals surface area (Å²) in [7, 11) is -20.9. The Morgan fingerprint density at radius 1 is 0.230 bits per heavy atom. The number of hydrogen-bond acceptors (Lipinski definition) is 20. The maximum atomic E-state index is 17.2. The number of hydrogen-bond donors (Lipinski definition) is 4. The van der Waals surface area contributed by atoms with Gasteiger partial charge in [0.25, 0.3) is 23.6 Å². The van der Waals surface area contributed by atoms with Crippen molar-refractivity contribution in [2.24, 2.45) is 0 Å². The van der Waals surface area contributed by atoms with Crippen LogP contribution in [0.4, 0.5) is 11.4 Å². The molecule has 0 saturated carbocycles. The minimum absolute atomic E-state index is 0.0231. The Bertz CT molecular complexity index is 7060. The summed E-state index contributed by atoms with van der Waals surface area (Å²) >= 11 is 0. The van der Waals surface area contributed by atoms with Crippen molar-refractivity contribution in [3.05, 3.63) is 299 Å². The van der Waals surface area contributed by atoms with Crippen LogP contribution < -0.4 is 45.5 Å². The predicted octanol–water partition coefficient (Wildman–Crippen LogP) is 22.4. The molecule has 636 valence electrons. The lowest BCUT2D eigenvalue weighted by Crippen LogP contribution is -2.42. The van der Waals surface area contributed by atoms with E-state index in [1.807, 2.05) is 177 Å². The SMILES string of the molecule is CC(C)c1cccc(C(C)C)c1N1C(=O)c2cc(Oc3ccccc3-c3ccccc3)c3c4c(Oc5ccccc5-c5ccccc5)cc5c6c(cc(Oc7ccc(OS(=O)(=O)O)cc7-c7ccc(OS(=O)(=O)O)cc7)c(c7c(Oc8ccc(OS(=O)(=O)O)cc8-c8ccc(OS(=O)(=O)O)cc8)cc(c2c37)C1=O)c64)C(=O)N(c1c(C(C)C)cccc1C(C)C)C5=O. The van der Waals surface area contributed by atoms with Gasteiger partial charge in [-0.25, -0.2) is 9.80 Å². The molecule has 15 aromatic carbocycles. The van der Waals surface area contributed by atoms with E-state index in [1.54, 1.807) is 24.3 Å². The Labute approximate surface area is 723 Å². The Morgan fingerprint density at radius 2 is 0.476 bits per heavy atom. The van der Waals surface area contributed by atoms with Gasteiger partial charge in [0.1, 0.15) is 69.0 Å². The number of carbonyl (C=O) groups is 4. The number of para-hydroxylation sites is 4. The van der Waals surface area contributed by atoms with Gasteiger partial charge in [0, 0.05) is 65.3 Å². The Balaban J connectivity index is 1.11. The normalized spacial score (nSPS) is 13.2. The zero-order valence-electron chi connectivity index (χ0n) is 68.0. The summed E-state index contributed by atoms with van der Waals surface area (Å²) in [6.07, 6.45) is 0. The van der Waals surface area contributed by atoms with Crippen LogP contribution in [0.2, 0.25) is 0 Å². The van der Waals surface area contributed by atoms with Crippen LogP contribution in [0.25, 0.3) is 87.6 Å². The zero-order valence-corrected chi connectivity index (χ0v) is 71.3. The number of nitrogens with zero attached hydrogens (tertiary/aromatic N) is 2. The highest BCUT2D eigenvalue weighted by molar-refractivity contribution is 7.82. The summed E-state index contributed by atoms with van der Waals surface area (Å²) in [5.74, 6) is -7.50. The average molecular weight is 1770 g/mol. The van der Waals surface area contributed by atoms with Crippen LogP contribution in [0, 0.1) is 0 Å². The minimum Gasteiger partial charge on any atom is -0.456 e. The lowest BCUT2D eigenvalue weighted by Gasteiger charge is -2.35. The summed E-state index contributed by atoms with van der Waals surface area (Å²) in [6.45, 7) is 15.4. The van der Waals surface area contributed by atoms with Gasteiger partial charge in [-0.3, -0.25) is 37.4 Å². The zero-order chi connectivity index (χ0) is 89.1. The van der Waals surface area contributed by atoms with E-state index >= 15 is 19.2 Å². The number of imide groups is 2. The summed E-state index contributed by atoms with van der Waals surface area (Å²) in [5, 5.41) is -0.262. The number of anilines is 2. The number of benzene rings is 15. The summed E-state index contributed by atoms with van der Waals surface area (Å²) in [6, 6.07) is 66.4. The number of ether oxygens (including phenoxy) is 4. The fourth-order valence-corrected chi connectivity index (χ4v) is 18.1. The molecule has 0 atom stereocenters. The lowest BCUT2D eigenvalue weighted by molar-refractivity contribution is 0.0877. The van der Waals surface area contributed by atoms with Crippen molar-refractivity contribution in [3.63, 3.8) is 0 Å². The first-order valence-electron chi connectivity index (χ1n) is 39.5. The molecule has 0 aromatic heterocycles. The fraction of sp³-hybridized carbons (Fsp3) is 0.125. The second kappa shape index (κ2) is 32.2. The van der Waals surface area contributed by atoms with Crippen molar-refractivity contribution < 1.29 is 107 Å². The molecule has 17 rings (SSSR count). The molecule has 0 unspecified atom stereocenters. The van der Waals surface area contributed by atoms with E-state index in [-0.39, 0.29) is 169 Å². The van der Waals surface area contributed by atoms with Gasteiger partial charge in [-0.15, -0.1) is 0 Å². The molecule has 2 heterocycles. The van der Waals surface area contributed by atoms with Gasteiger partial charge in [0.15, 0.2) is 0 Å². The van der Waals surface area contributed by atoms with Crippen molar-refractivity contribution >= 4 is 120 Å². The molecule has 4 N–H and O–H groups in total. The van der Waals surface area contributed by atoms with Crippen LogP contribution in [0.1, 0.15) is 143 Å². The van der Waals surface area contributed by atoms with Crippen molar-refractivity contribution in [1.82, 2.24) is 0 Å². The van der Waals surface area contributed by atoms with Crippen LogP contribution in [0.3, 0.4) is 0 Å². The van der Waals surface area contributed by atoms with E-state index in [2.05, 4.69) is 0 Å². The lowest BCUT2D eigenvalue weighted by atomic mass is 9.80. The highest BCUT2D eigenvalue weighted by Gasteiger charge is 2.45. The average Bonchev–Trinajstić information content (AvgIpc) is 0.667. The third kappa shape index (κ3) is 16.0. The third-order valence-electron chi connectivity index (χ3n) is 21.9. The molecule has 0 radical (unpaired) electrons. The fourth-order valence-electron chi connectivity index (χ4n) is 16.7. The number of carbonyl (C=O) groups excluding carboxylic acids is 4. The van der Waals surface area contributed by atoms with E-state index in [4.69, 9.17) is 35.7 Å². The quantitative estimate of drug-likeness (QED) is 0.0169. The molecule has 30 heteroatoms. The summed E-state index contributed by atoms with van der Waals surface area (Å²) < 4.78 is 190. The monoisotopic (exact) mass is 1770 g/mol. The first kappa shape index (κ1) is 84.1. The molecule has 126 heavy (non-hydrogen) atoms. The standard InChI is InChI=1S/C96H74N2O24S4/c1-51(2)63-27-19-28-64(52(3)4)91(63)97-93(99)71-47-79(115-75-31-17-15-25-67(75)55-21-11-9-12-22-55)85-86-80(116-76-32-18-16-26-68(76)56-23-13-10-14-24-56)48-72-84-74(96(102)98(94(72)100)92-65(53(5)6)29-20-30-66(92)54(7)8)50-82(118-78-44-42-62(122-126(112,113)114)46-70(78)58-35-39-60(40-36-58)120-124(106,107)108)88(90(84)86)87-81(49-73(95(97)101)83(71)89(85)87)117-77-43-41-61(121-125(109,110)111)45-69(77)57-33-37-59(38-34-57)119-123(103,104)105/h9-54H,1-8H3,(H,103,104,105)(H,106,107,108)(H,109,110,111)(H,112,113,114). The second-order valence-electron chi connectivity index (χ2n) is 31.3. The topological polar surface area (TPSA) is 366 Å². The second-order valence-corrected chi connectivity index (χ2v) is 35.4. The molecule has 0 fully saturated rings. The van der Waals surface area contributed by atoms with Gasteiger partial charge in [-0.1, -0.05) is 213 Å². The van der Waals surface area contributed by atoms with Crippen LogP contribution in [0.15, 0.2) is 255 Å². The van der Waals surface area contributed by atoms with Crippen molar-refractivity contribution in [2.75, 3.05) is 9.80 Å². The van der Waals surface area contributed by atoms with Crippen molar-refractivity contribution in [3.8, 4) is 114 Å². The number of fused-ring (bicyclic) bond motifs is 2. The first-order chi connectivity index (χ1) is 59.9. The maximum Gasteiger partial charge on any atom is 0.446 e. The molecule has 0 aliphatic carbocycles. The number of amides is 4. The highest BCUT2D eigenvalue weighted by Crippen LogP contribution is 2.60. The Kier molecular flexibility index (Phi) is 21.5. The summed E-state index contributed by atoms with van der Waals surface area (Å²) in [4.78, 5) is 70.8. The Hall–Kier alpha value is -14.1. The smallest absolute Gasteiger partial charge is 0.446 e. The molecule has 0 saturated heterocycles.